The van der Waals surface area contributed by atoms with Gasteiger partial charge in [-0.2, -0.15) is 0 Å². The largest absolute Gasteiger partial charge is 0.363 e. The Morgan fingerprint density at radius 2 is 2.26 bits per heavy atom. The Morgan fingerprint density at radius 1 is 1.43 bits per heavy atom. The van der Waals surface area contributed by atoms with Gasteiger partial charge in [-0.05, 0) is 33.2 Å². The zero-order valence-electron chi connectivity index (χ0n) is 13.6. The van der Waals surface area contributed by atoms with E-state index < -0.39 is 5.91 Å². The highest BCUT2D eigenvalue weighted by Crippen LogP contribution is 2.22. The van der Waals surface area contributed by atoms with Crippen molar-refractivity contribution >= 4 is 5.91 Å². The van der Waals surface area contributed by atoms with E-state index in [9.17, 15) is 4.79 Å². The van der Waals surface area contributed by atoms with Gasteiger partial charge in [0.1, 0.15) is 12.2 Å². The Bertz CT molecular complexity index is 675. The molecule has 8 heteroatoms. The molecular formula is C15H23N7O. The van der Waals surface area contributed by atoms with Crippen LogP contribution in [0.15, 0.2) is 18.7 Å². The molecule has 1 aliphatic heterocycles. The van der Waals surface area contributed by atoms with E-state index in [2.05, 4.69) is 38.4 Å². The fourth-order valence-electron chi connectivity index (χ4n) is 3.09. The van der Waals surface area contributed by atoms with Crippen molar-refractivity contribution in [3.8, 4) is 0 Å². The van der Waals surface area contributed by atoms with Crippen LogP contribution >= 0.6 is 0 Å². The molecule has 2 aromatic heterocycles. The van der Waals surface area contributed by atoms with Gasteiger partial charge in [0, 0.05) is 25.0 Å². The molecule has 8 nitrogen and oxygen atoms in total. The maximum absolute atomic E-state index is 11.1. The van der Waals surface area contributed by atoms with Crippen LogP contribution in [0, 0.1) is 0 Å². The number of aromatic nitrogens is 5. The van der Waals surface area contributed by atoms with E-state index >= 15 is 0 Å². The maximum atomic E-state index is 11.1. The van der Waals surface area contributed by atoms with Gasteiger partial charge in [-0.3, -0.25) is 9.69 Å². The van der Waals surface area contributed by atoms with Crippen LogP contribution in [0.5, 0.6) is 0 Å². The van der Waals surface area contributed by atoms with E-state index in [-0.39, 0.29) is 11.9 Å². The number of rotatable bonds is 5. The van der Waals surface area contributed by atoms with Crippen LogP contribution in [0.25, 0.3) is 0 Å². The molecule has 124 valence electrons. The lowest BCUT2D eigenvalue weighted by Gasteiger charge is -2.32. The number of nitrogens with two attached hydrogens (primary N) is 1. The summed E-state index contributed by atoms with van der Waals surface area (Å²) in [5, 5.41) is 4.19. The summed E-state index contributed by atoms with van der Waals surface area (Å²) < 4.78 is 3.96. The second-order valence-electron chi connectivity index (χ2n) is 6.29. The first-order valence-corrected chi connectivity index (χ1v) is 7.99. The molecule has 2 aromatic rings. The van der Waals surface area contributed by atoms with Crippen molar-refractivity contribution in [2.75, 3.05) is 13.1 Å². The third-order valence-electron chi connectivity index (χ3n) is 4.25. The van der Waals surface area contributed by atoms with Gasteiger partial charge in [0.05, 0.1) is 12.6 Å². The summed E-state index contributed by atoms with van der Waals surface area (Å²) in [6.07, 6.45) is 7.59. The molecule has 0 unspecified atom stereocenters. The first kappa shape index (κ1) is 15.7. The fourth-order valence-corrected chi connectivity index (χ4v) is 3.09. The van der Waals surface area contributed by atoms with Crippen LogP contribution < -0.4 is 5.73 Å². The number of piperidine rings is 1. The predicted molar refractivity (Wildman–Crippen MR) is 84.7 cm³/mol. The van der Waals surface area contributed by atoms with Crippen LogP contribution in [0.3, 0.4) is 0 Å². The van der Waals surface area contributed by atoms with Gasteiger partial charge in [0.25, 0.3) is 5.91 Å². The van der Waals surface area contributed by atoms with Crippen molar-refractivity contribution in [1.29, 1.82) is 0 Å². The topological polar surface area (TPSA) is 94.9 Å². The average molecular weight is 317 g/mol. The molecule has 1 saturated heterocycles. The Hall–Kier alpha value is -2.22. The lowest BCUT2D eigenvalue weighted by atomic mass is 10.1. The number of imidazole rings is 1. The van der Waals surface area contributed by atoms with E-state index in [1.165, 1.54) is 0 Å². The highest BCUT2D eigenvalue weighted by Gasteiger charge is 2.24. The molecule has 0 spiro atoms. The number of hydrogen-bond donors (Lipinski definition) is 1. The molecular weight excluding hydrogens is 294 g/mol. The molecule has 23 heavy (non-hydrogen) atoms. The monoisotopic (exact) mass is 317 g/mol. The molecule has 1 atom stereocenters. The van der Waals surface area contributed by atoms with Gasteiger partial charge in [-0.15, -0.1) is 5.10 Å². The second kappa shape index (κ2) is 6.49. The highest BCUT2D eigenvalue weighted by atomic mass is 16.1. The Morgan fingerprint density at radius 3 is 2.96 bits per heavy atom. The third-order valence-corrected chi connectivity index (χ3v) is 4.25. The van der Waals surface area contributed by atoms with Gasteiger partial charge in [0.2, 0.25) is 5.82 Å². The predicted octanol–water partition coefficient (Wildman–Crippen LogP) is 0.992. The minimum absolute atomic E-state index is 0.0810. The highest BCUT2D eigenvalue weighted by molar-refractivity contribution is 5.88. The van der Waals surface area contributed by atoms with E-state index in [1.54, 1.807) is 11.0 Å². The smallest absolute Gasteiger partial charge is 0.288 e. The van der Waals surface area contributed by atoms with Gasteiger partial charge in [-0.1, -0.05) is 0 Å². The van der Waals surface area contributed by atoms with Gasteiger partial charge < -0.3 is 10.3 Å². The van der Waals surface area contributed by atoms with Gasteiger partial charge >= 0.3 is 0 Å². The summed E-state index contributed by atoms with van der Waals surface area (Å²) in [6, 6.07) is 0.619. The minimum Gasteiger partial charge on any atom is -0.363 e. The van der Waals surface area contributed by atoms with Gasteiger partial charge in [0.15, 0.2) is 0 Å². The van der Waals surface area contributed by atoms with Crippen molar-refractivity contribution in [2.24, 2.45) is 5.73 Å². The van der Waals surface area contributed by atoms with Crippen molar-refractivity contribution in [1.82, 2.24) is 29.2 Å². The van der Waals surface area contributed by atoms with E-state index in [1.807, 2.05) is 12.4 Å². The van der Waals surface area contributed by atoms with E-state index in [0.717, 1.165) is 38.3 Å². The molecule has 0 aliphatic carbocycles. The number of carbonyl (C=O) groups is 1. The molecule has 1 fully saturated rings. The van der Waals surface area contributed by atoms with Crippen molar-refractivity contribution < 1.29 is 4.79 Å². The van der Waals surface area contributed by atoms with E-state index in [4.69, 9.17) is 5.73 Å². The van der Waals surface area contributed by atoms with Crippen molar-refractivity contribution in [2.45, 2.75) is 45.3 Å². The minimum atomic E-state index is -0.588. The average Bonchev–Trinajstić information content (AvgIpc) is 3.16. The molecule has 1 aliphatic rings. The van der Waals surface area contributed by atoms with Crippen LogP contribution in [-0.4, -0.2) is 48.2 Å². The molecule has 3 heterocycles. The first-order valence-electron chi connectivity index (χ1n) is 7.99. The second-order valence-corrected chi connectivity index (χ2v) is 6.29. The molecule has 0 bridgehead atoms. The summed E-state index contributed by atoms with van der Waals surface area (Å²) in [7, 11) is 0. The molecule has 2 N–H and O–H groups in total. The Labute approximate surface area is 135 Å². The van der Waals surface area contributed by atoms with Crippen molar-refractivity contribution in [3.63, 3.8) is 0 Å². The molecule has 0 radical (unpaired) electrons. The number of nitrogens with zero attached hydrogens (tertiary/aromatic N) is 6. The summed E-state index contributed by atoms with van der Waals surface area (Å²) in [5.74, 6) is 0.574. The molecule has 0 aromatic carbocycles. The quantitative estimate of drug-likeness (QED) is 0.887. The molecule has 0 saturated carbocycles. The van der Waals surface area contributed by atoms with Crippen molar-refractivity contribution in [3.05, 3.63) is 30.4 Å². The number of carbonyl (C=O) groups excluding carboxylic acids is 1. The lowest BCUT2D eigenvalue weighted by Crippen LogP contribution is -2.37. The number of amides is 1. The molecule has 3 rings (SSSR count). The Balaban J connectivity index is 1.68. The van der Waals surface area contributed by atoms with Crippen LogP contribution in [0.1, 0.15) is 55.2 Å². The van der Waals surface area contributed by atoms with Crippen LogP contribution in [0.4, 0.5) is 0 Å². The number of primary amides is 1. The number of likely N-dealkylation sites (tertiary alicyclic amines) is 1. The first-order chi connectivity index (χ1) is 11.0. The standard InChI is InChI=1S/C15H23N7O/c1-11(2)21-7-5-17-13(21)9-20-6-3-4-12(8-20)22-10-18-15(19-22)14(16)23/h5,7,10-12H,3-4,6,8-9H2,1-2H3,(H2,16,23)/t12-/m0/s1. The summed E-state index contributed by atoms with van der Waals surface area (Å²) >= 11 is 0. The van der Waals surface area contributed by atoms with E-state index in [0.29, 0.717) is 6.04 Å². The van der Waals surface area contributed by atoms with Crippen LogP contribution in [0.2, 0.25) is 0 Å². The summed E-state index contributed by atoms with van der Waals surface area (Å²) in [5.41, 5.74) is 5.22. The SMILES string of the molecule is CC(C)n1ccnc1CN1CCC[C@H](n2cnc(C(N)=O)n2)C1. The number of hydrogen-bond acceptors (Lipinski definition) is 5. The zero-order chi connectivity index (χ0) is 16.4. The fraction of sp³-hybridized carbons (Fsp3) is 0.600. The zero-order valence-corrected chi connectivity index (χ0v) is 13.6. The van der Waals surface area contributed by atoms with Crippen LogP contribution in [-0.2, 0) is 6.54 Å². The maximum Gasteiger partial charge on any atom is 0.288 e. The normalized spacial score (nSPS) is 19.3. The molecule has 1 amide bonds. The summed E-state index contributed by atoms with van der Waals surface area (Å²) in [4.78, 5) is 22.0. The Kier molecular flexibility index (Phi) is 4.42. The lowest BCUT2D eigenvalue weighted by molar-refractivity contribution is 0.0988. The summed E-state index contributed by atoms with van der Waals surface area (Å²) in [6.45, 7) is 7.04. The third kappa shape index (κ3) is 3.42. The van der Waals surface area contributed by atoms with Gasteiger partial charge in [-0.25, -0.2) is 14.6 Å².